The Morgan fingerprint density at radius 2 is 1.74 bits per heavy atom. The van der Waals surface area contributed by atoms with Crippen molar-refractivity contribution in [2.75, 3.05) is 13.1 Å². The molecule has 1 fully saturated rings. The SMILES string of the molecule is NN(C(=O)C(=O)Cc1ccccc1)N1CCCCC1. The summed E-state index contributed by atoms with van der Waals surface area (Å²) in [6.45, 7) is 1.47. The van der Waals surface area contributed by atoms with Crippen LogP contribution in [-0.2, 0) is 16.0 Å². The predicted molar refractivity (Wildman–Crippen MR) is 71.6 cm³/mol. The van der Waals surface area contributed by atoms with Gasteiger partial charge in [0.1, 0.15) is 0 Å². The molecule has 0 atom stereocenters. The van der Waals surface area contributed by atoms with Crippen LogP contribution in [0.25, 0.3) is 0 Å². The maximum absolute atomic E-state index is 12.0. The van der Waals surface area contributed by atoms with Gasteiger partial charge in [0.15, 0.2) is 0 Å². The molecule has 0 aliphatic carbocycles. The van der Waals surface area contributed by atoms with Crippen LogP contribution in [0.3, 0.4) is 0 Å². The highest BCUT2D eigenvalue weighted by molar-refractivity contribution is 6.36. The summed E-state index contributed by atoms with van der Waals surface area (Å²) in [4.78, 5) is 23.9. The summed E-state index contributed by atoms with van der Waals surface area (Å²) in [6.07, 6.45) is 3.26. The van der Waals surface area contributed by atoms with Crippen LogP contribution in [0.1, 0.15) is 24.8 Å². The monoisotopic (exact) mass is 261 g/mol. The number of carbonyl (C=O) groups is 2. The fraction of sp³-hybridized carbons (Fsp3) is 0.429. The molecule has 2 N–H and O–H groups in total. The van der Waals surface area contributed by atoms with E-state index in [1.54, 1.807) is 5.01 Å². The Bertz CT molecular complexity index is 441. The molecule has 19 heavy (non-hydrogen) atoms. The van der Waals surface area contributed by atoms with Crippen molar-refractivity contribution >= 4 is 11.7 Å². The topological polar surface area (TPSA) is 66.6 Å². The van der Waals surface area contributed by atoms with Crippen LogP contribution in [0.2, 0.25) is 0 Å². The molecular formula is C14H19N3O2. The molecule has 5 nitrogen and oxygen atoms in total. The smallest absolute Gasteiger partial charge is 0.288 e. The molecule has 5 heteroatoms. The largest absolute Gasteiger partial charge is 0.319 e. The first kappa shape index (κ1) is 13.7. The maximum atomic E-state index is 12.0. The standard InChI is InChI=1S/C14H19N3O2/c15-17(16-9-5-2-6-10-16)14(19)13(18)11-12-7-3-1-4-8-12/h1,3-4,7-8H,2,5-6,9-11,15H2. The van der Waals surface area contributed by atoms with Crippen molar-refractivity contribution in [1.29, 1.82) is 0 Å². The fourth-order valence-electron chi connectivity index (χ4n) is 2.21. The molecule has 1 saturated heterocycles. The average molecular weight is 261 g/mol. The van der Waals surface area contributed by atoms with E-state index in [1.165, 1.54) is 0 Å². The van der Waals surface area contributed by atoms with E-state index in [1.807, 2.05) is 30.3 Å². The Morgan fingerprint density at radius 1 is 1.11 bits per heavy atom. The van der Waals surface area contributed by atoms with Crippen molar-refractivity contribution in [2.24, 2.45) is 5.84 Å². The number of hydrogen-bond donors (Lipinski definition) is 1. The minimum Gasteiger partial charge on any atom is -0.288 e. The van der Waals surface area contributed by atoms with E-state index in [0.717, 1.165) is 43.0 Å². The first-order valence-electron chi connectivity index (χ1n) is 6.59. The van der Waals surface area contributed by atoms with Crippen LogP contribution in [0.15, 0.2) is 30.3 Å². The number of rotatable bonds is 4. The van der Waals surface area contributed by atoms with Crippen molar-refractivity contribution in [3.63, 3.8) is 0 Å². The van der Waals surface area contributed by atoms with Gasteiger partial charge in [0.2, 0.25) is 5.78 Å². The molecule has 0 bridgehead atoms. The van der Waals surface area contributed by atoms with Crippen molar-refractivity contribution in [1.82, 2.24) is 10.1 Å². The molecule has 1 heterocycles. The lowest BCUT2D eigenvalue weighted by Crippen LogP contribution is -2.55. The molecule has 1 aliphatic rings. The number of hydrogen-bond acceptors (Lipinski definition) is 4. The normalized spacial score (nSPS) is 16.1. The van der Waals surface area contributed by atoms with E-state index in [2.05, 4.69) is 0 Å². The number of nitrogens with zero attached hydrogens (tertiary/aromatic N) is 2. The van der Waals surface area contributed by atoms with E-state index in [9.17, 15) is 9.59 Å². The van der Waals surface area contributed by atoms with E-state index >= 15 is 0 Å². The molecule has 0 unspecified atom stereocenters. The first-order chi connectivity index (χ1) is 9.18. The van der Waals surface area contributed by atoms with Crippen LogP contribution in [0, 0.1) is 0 Å². The summed E-state index contributed by atoms with van der Waals surface area (Å²) < 4.78 is 0. The van der Waals surface area contributed by atoms with E-state index in [-0.39, 0.29) is 6.42 Å². The van der Waals surface area contributed by atoms with Crippen LogP contribution >= 0.6 is 0 Å². The Kier molecular flexibility index (Phi) is 4.65. The lowest BCUT2D eigenvalue weighted by molar-refractivity contribution is -0.159. The quantitative estimate of drug-likeness (QED) is 0.378. The highest BCUT2D eigenvalue weighted by Gasteiger charge is 2.25. The first-order valence-corrected chi connectivity index (χ1v) is 6.59. The summed E-state index contributed by atoms with van der Waals surface area (Å²) in [7, 11) is 0. The molecule has 102 valence electrons. The summed E-state index contributed by atoms with van der Waals surface area (Å²) in [5.41, 5.74) is 0.827. The number of amides is 1. The highest BCUT2D eigenvalue weighted by atomic mass is 16.2. The Balaban J connectivity index is 1.93. The third-order valence-corrected chi connectivity index (χ3v) is 3.29. The second kappa shape index (κ2) is 6.45. The van der Waals surface area contributed by atoms with Gasteiger partial charge in [0.25, 0.3) is 0 Å². The third-order valence-electron chi connectivity index (χ3n) is 3.29. The van der Waals surface area contributed by atoms with Gasteiger partial charge in [-0.15, -0.1) is 0 Å². The zero-order chi connectivity index (χ0) is 13.7. The molecule has 1 aromatic rings. The van der Waals surface area contributed by atoms with Gasteiger partial charge in [0.05, 0.1) is 0 Å². The maximum Gasteiger partial charge on any atom is 0.319 e. The molecule has 0 spiro atoms. The van der Waals surface area contributed by atoms with Crippen molar-refractivity contribution in [2.45, 2.75) is 25.7 Å². The van der Waals surface area contributed by atoms with Gasteiger partial charge < -0.3 is 0 Å². The van der Waals surface area contributed by atoms with E-state index in [0.29, 0.717) is 0 Å². The molecule has 1 aliphatic heterocycles. The molecule has 0 aromatic heterocycles. The minimum absolute atomic E-state index is 0.0984. The van der Waals surface area contributed by atoms with Crippen LogP contribution in [0.4, 0.5) is 0 Å². The summed E-state index contributed by atoms with van der Waals surface area (Å²) >= 11 is 0. The zero-order valence-corrected chi connectivity index (χ0v) is 10.9. The Morgan fingerprint density at radius 3 is 2.37 bits per heavy atom. The summed E-state index contributed by atoms with van der Waals surface area (Å²) in [6, 6.07) is 9.22. The minimum atomic E-state index is -0.634. The number of Topliss-reactive ketones (excluding diaryl/α,β-unsaturated/α-hetero) is 1. The lowest BCUT2D eigenvalue weighted by atomic mass is 10.1. The molecule has 2 rings (SSSR count). The zero-order valence-electron chi connectivity index (χ0n) is 10.9. The number of carbonyl (C=O) groups excluding carboxylic acids is 2. The Hall–Kier alpha value is -1.72. The van der Waals surface area contributed by atoms with Gasteiger partial charge in [-0.25, -0.2) is 16.0 Å². The third kappa shape index (κ3) is 3.62. The van der Waals surface area contributed by atoms with Crippen molar-refractivity contribution < 1.29 is 9.59 Å². The van der Waals surface area contributed by atoms with Gasteiger partial charge >= 0.3 is 5.91 Å². The second-order valence-corrected chi connectivity index (χ2v) is 4.75. The average Bonchev–Trinajstić information content (AvgIpc) is 2.47. The number of ketones is 1. The van der Waals surface area contributed by atoms with E-state index < -0.39 is 11.7 Å². The van der Waals surface area contributed by atoms with Gasteiger partial charge in [-0.3, -0.25) is 9.59 Å². The Labute approximate surface area is 112 Å². The number of piperidine rings is 1. The molecular weight excluding hydrogens is 242 g/mol. The molecule has 1 amide bonds. The summed E-state index contributed by atoms with van der Waals surface area (Å²) in [5.74, 6) is 4.63. The predicted octanol–water partition coefficient (Wildman–Crippen LogP) is 0.901. The molecule has 0 saturated carbocycles. The van der Waals surface area contributed by atoms with Crippen molar-refractivity contribution in [3.8, 4) is 0 Å². The van der Waals surface area contributed by atoms with Gasteiger partial charge in [-0.1, -0.05) is 36.8 Å². The number of hydrazine groups is 2. The van der Waals surface area contributed by atoms with E-state index in [4.69, 9.17) is 5.84 Å². The number of benzene rings is 1. The van der Waals surface area contributed by atoms with Crippen LogP contribution in [0.5, 0.6) is 0 Å². The van der Waals surface area contributed by atoms with Crippen LogP contribution < -0.4 is 5.84 Å². The number of nitrogens with two attached hydrogens (primary N) is 1. The van der Waals surface area contributed by atoms with Gasteiger partial charge in [-0.2, -0.15) is 0 Å². The van der Waals surface area contributed by atoms with Crippen LogP contribution in [-0.4, -0.2) is 34.9 Å². The second-order valence-electron chi connectivity index (χ2n) is 4.75. The molecule has 1 aromatic carbocycles. The molecule has 0 radical (unpaired) electrons. The highest BCUT2D eigenvalue weighted by Crippen LogP contribution is 2.10. The van der Waals surface area contributed by atoms with Gasteiger partial charge in [0, 0.05) is 19.5 Å². The fourth-order valence-corrected chi connectivity index (χ4v) is 2.21. The lowest BCUT2D eigenvalue weighted by Gasteiger charge is -2.33. The van der Waals surface area contributed by atoms with Crippen molar-refractivity contribution in [3.05, 3.63) is 35.9 Å². The summed E-state index contributed by atoms with van der Waals surface area (Å²) in [5, 5.41) is 2.74. The van der Waals surface area contributed by atoms with Gasteiger partial charge in [-0.05, 0) is 18.4 Å².